The summed E-state index contributed by atoms with van der Waals surface area (Å²) in [5.41, 5.74) is 0. The van der Waals surface area contributed by atoms with Crippen LogP contribution in [-0.4, -0.2) is 21.3 Å². The molecule has 0 amide bonds. The quantitative estimate of drug-likeness (QED) is 0.629. The maximum atomic E-state index is 11.9. The predicted molar refractivity (Wildman–Crippen MR) is 49.2 cm³/mol. The van der Waals surface area contributed by atoms with Crippen molar-refractivity contribution in [2.45, 2.75) is 45.3 Å². The predicted octanol–water partition coefficient (Wildman–Crippen LogP) is 3.27. The van der Waals surface area contributed by atoms with Crippen LogP contribution in [0.15, 0.2) is 0 Å². The van der Waals surface area contributed by atoms with Gasteiger partial charge in [-0.05, 0) is 18.1 Å². The molecule has 4 heteroatoms. The van der Waals surface area contributed by atoms with E-state index in [0.717, 1.165) is 0 Å². The summed E-state index contributed by atoms with van der Waals surface area (Å²) >= 11 is 0. The van der Waals surface area contributed by atoms with Crippen molar-refractivity contribution >= 4 is 8.32 Å². The summed E-state index contributed by atoms with van der Waals surface area (Å²) < 4.78 is 28.9. The molecule has 0 rings (SSSR count). The van der Waals surface area contributed by atoms with E-state index in [4.69, 9.17) is 4.43 Å². The normalized spacial score (nSPS) is 14.0. The van der Waals surface area contributed by atoms with Crippen molar-refractivity contribution in [2.24, 2.45) is 0 Å². The molecule has 1 nitrogen and oxygen atoms in total. The van der Waals surface area contributed by atoms with Crippen molar-refractivity contribution in [2.75, 3.05) is 6.61 Å². The largest absolute Gasteiger partial charge is 0.411 e. The molecule has 0 saturated heterocycles. The Kier molecular flexibility index (Phi) is 3.84. The molecule has 0 atom stereocenters. The first-order valence-corrected chi connectivity index (χ1v) is 7.00. The third kappa shape index (κ3) is 3.63. The van der Waals surface area contributed by atoms with E-state index in [1.54, 1.807) is 0 Å². The van der Waals surface area contributed by atoms with Gasteiger partial charge < -0.3 is 4.43 Å². The minimum atomic E-state index is -2.35. The van der Waals surface area contributed by atoms with Crippen molar-refractivity contribution in [3.63, 3.8) is 0 Å². The SMILES string of the molecule is CC(C)(C)[Si](C)(C)OCC(F)F. The lowest BCUT2D eigenvalue weighted by Crippen LogP contribution is -2.41. The van der Waals surface area contributed by atoms with Crippen LogP contribution in [0.4, 0.5) is 8.78 Å². The lowest BCUT2D eigenvalue weighted by Gasteiger charge is -2.35. The molecule has 0 aromatic carbocycles. The molecule has 0 aromatic rings. The van der Waals surface area contributed by atoms with E-state index in [1.807, 2.05) is 33.9 Å². The Bertz CT molecular complexity index is 140. The molecule has 0 saturated carbocycles. The van der Waals surface area contributed by atoms with Crippen molar-refractivity contribution in [3.8, 4) is 0 Å². The molecule has 0 aromatic heterocycles. The van der Waals surface area contributed by atoms with Gasteiger partial charge in [-0.3, -0.25) is 0 Å². The second-order valence-electron chi connectivity index (χ2n) is 4.46. The van der Waals surface area contributed by atoms with Crippen LogP contribution in [0.3, 0.4) is 0 Å². The highest BCUT2D eigenvalue weighted by Crippen LogP contribution is 2.36. The van der Waals surface area contributed by atoms with E-state index in [1.165, 1.54) is 0 Å². The van der Waals surface area contributed by atoms with Crippen molar-refractivity contribution in [3.05, 3.63) is 0 Å². The highest BCUT2D eigenvalue weighted by molar-refractivity contribution is 6.74. The van der Waals surface area contributed by atoms with Crippen LogP contribution in [0, 0.1) is 0 Å². The van der Waals surface area contributed by atoms with Gasteiger partial charge in [0.05, 0.1) is 6.61 Å². The number of hydrogen-bond donors (Lipinski definition) is 0. The highest BCUT2D eigenvalue weighted by atomic mass is 28.4. The number of alkyl halides is 2. The highest BCUT2D eigenvalue weighted by Gasteiger charge is 2.37. The fourth-order valence-corrected chi connectivity index (χ4v) is 1.46. The first-order valence-electron chi connectivity index (χ1n) is 4.09. The molecule has 0 aliphatic rings. The maximum absolute atomic E-state index is 11.9. The fourth-order valence-electron chi connectivity index (χ4n) is 0.488. The molecule has 0 bridgehead atoms. The molecule has 12 heavy (non-hydrogen) atoms. The summed E-state index contributed by atoms with van der Waals surface area (Å²) in [6.45, 7) is 9.61. The monoisotopic (exact) mass is 196 g/mol. The second-order valence-corrected chi connectivity index (χ2v) is 9.27. The Morgan fingerprint density at radius 3 is 1.92 bits per heavy atom. The van der Waals surface area contributed by atoms with E-state index in [9.17, 15) is 8.78 Å². The van der Waals surface area contributed by atoms with Crippen LogP contribution in [0.5, 0.6) is 0 Å². The Hall–Kier alpha value is 0.0369. The zero-order valence-corrected chi connectivity index (χ0v) is 9.45. The van der Waals surface area contributed by atoms with Crippen LogP contribution in [-0.2, 0) is 4.43 Å². The second kappa shape index (κ2) is 3.83. The van der Waals surface area contributed by atoms with Gasteiger partial charge >= 0.3 is 0 Å². The van der Waals surface area contributed by atoms with Gasteiger partial charge in [0, 0.05) is 0 Å². The first-order chi connectivity index (χ1) is 5.17. The van der Waals surface area contributed by atoms with Gasteiger partial charge in [0.15, 0.2) is 8.32 Å². The van der Waals surface area contributed by atoms with Gasteiger partial charge in [0.25, 0.3) is 6.43 Å². The molecule has 0 aliphatic heterocycles. The average Bonchev–Trinajstić information content (AvgIpc) is 1.81. The molecule has 0 aliphatic carbocycles. The van der Waals surface area contributed by atoms with Crippen LogP contribution in [0.25, 0.3) is 0 Å². The third-order valence-electron chi connectivity index (χ3n) is 2.38. The van der Waals surface area contributed by atoms with Gasteiger partial charge in [-0.25, -0.2) is 8.78 Å². The number of hydrogen-bond acceptors (Lipinski definition) is 1. The summed E-state index contributed by atoms with van der Waals surface area (Å²) in [5.74, 6) is 0. The Balaban J connectivity index is 4.05. The molecular weight excluding hydrogens is 178 g/mol. The van der Waals surface area contributed by atoms with Crippen LogP contribution >= 0.6 is 0 Å². The summed E-state index contributed by atoms with van der Waals surface area (Å²) in [5, 5.41) is 0.0158. The van der Waals surface area contributed by atoms with E-state index < -0.39 is 21.3 Å². The summed E-state index contributed by atoms with van der Waals surface area (Å²) in [6.07, 6.45) is -2.35. The first kappa shape index (κ1) is 12.0. The van der Waals surface area contributed by atoms with Gasteiger partial charge in [-0.2, -0.15) is 0 Å². The van der Waals surface area contributed by atoms with Crippen molar-refractivity contribution in [1.29, 1.82) is 0 Å². The Labute approximate surface area is 74.2 Å². The molecule has 0 radical (unpaired) electrons. The van der Waals surface area contributed by atoms with E-state index in [0.29, 0.717) is 0 Å². The zero-order valence-electron chi connectivity index (χ0n) is 8.45. The zero-order chi connectivity index (χ0) is 9.99. The fraction of sp³-hybridized carbons (Fsp3) is 1.00. The standard InChI is InChI=1S/C8H18F2OSi/c1-8(2,3)12(4,5)11-6-7(9)10/h7H,6H2,1-5H3. The van der Waals surface area contributed by atoms with E-state index >= 15 is 0 Å². The lowest BCUT2D eigenvalue weighted by molar-refractivity contribution is 0.0749. The van der Waals surface area contributed by atoms with Crippen LogP contribution < -0.4 is 0 Å². The molecule has 0 N–H and O–H groups in total. The van der Waals surface area contributed by atoms with Crippen molar-refractivity contribution in [1.82, 2.24) is 0 Å². The van der Waals surface area contributed by atoms with E-state index in [-0.39, 0.29) is 5.04 Å². The molecule has 0 fully saturated rings. The minimum Gasteiger partial charge on any atom is -0.411 e. The number of halogens is 2. The molecule has 0 spiro atoms. The third-order valence-corrected chi connectivity index (χ3v) is 6.88. The average molecular weight is 196 g/mol. The molecular formula is C8H18F2OSi. The van der Waals surface area contributed by atoms with E-state index in [2.05, 4.69) is 0 Å². The topological polar surface area (TPSA) is 9.23 Å². The summed E-state index contributed by atoms with van der Waals surface area (Å²) in [4.78, 5) is 0. The molecule has 0 heterocycles. The molecule has 74 valence electrons. The van der Waals surface area contributed by atoms with Crippen LogP contribution in [0.1, 0.15) is 20.8 Å². The van der Waals surface area contributed by atoms with Gasteiger partial charge in [-0.15, -0.1) is 0 Å². The molecule has 0 unspecified atom stereocenters. The van der Waals surface area contributed by atoms with Crippen LogP contribution in [0.2, 0.25) is 18.1 Å². The minimum absolute atomic E-state index is 0.0158. The van der Waals surface area contributed by atoms with Crippen molar-refractivity contribution < 1.29 is 13.2 Å². The smallest absolute Gasteiger partial charge is 0.260 e. The maximum Gasteiger partial charge on any atom is 0.260 e. The summed E-state index contributed by atoms with van der Waals surface area (Å²) in [6, 6.07) is 0. The summed E-state index contributed by atoms with van der Waals surface area (Å²) in [7, 11) is -1.95. The number of rotatable bonds is 3. The van der Waals surface area contributed by atoms with Gasteiger partial charge in [0.2, 0.25) is 0 Å². The Morgan fingerprint density at radius 2 is 1.67 bits per heavy atom. The Morgan fingerprint density at radius 1 is 1.25 bits per heavy atom. The van der Waals surface area contributed by atoms with Gasteiger partial charge in [0.1, 0.15) is 0 Å². The van der Waals surface area contributed by atoms with Gasteiger partial charge in [-0.1, -0.05) is 20.8 Å². The lowest BCUT2D eigenvalue weighted by atomic mass is 10.2.